The van der Waals surface area contributed by atoms with Crippen molar-refractivity contribution in [2.45, 2.75) is 26.0 Å². The molecule has 0 unspecified atom stereocenters. The first-order valence-electron chi connectivity index (χ1n) is 7.16. The molecule has 2 aromatic rings. The quantitative estimate of drug-likeness (QED) is 0.886. The van der Waals surface area contributed by atoms with Crippen molar-refractivity contribution in [3.8, 4) is 0 Å². The number of carbonyl (C=O) groups excluding carboxylic acids is 1. The molecule has 0 fully saturated rings. The SMILES string of the molecule is CC(C)(COCc1ccccc1)NC(=O)c1cccc(F)c1. The molecule has 0 aliphatic rings. The summed E-state index contributed by atoms with van der Waals surface area (Å²) in [6.07, 6.45) is 0. The summed E-state index contributed by atoms with van der Waals surface area (Å²) < 4.78 is 18.8. The van der Waals surface area contributed by atoms with Gasteiger partial charge in [0.25, 0.3) is 5.91 Å². The van der Waals surface area contributed by atoms with Crippen LogP contribution in [0.5, 0.6) is 0 Å². The molecular weight excluding hydrogens is 281 g/mol. The Labute approximate surface area is 130 Å². The molecule has 0 saturated carbocycles. The predicted molar refractivity (Wildman–Crippen MR) is 84.0 cm³/mol. The molecule has 1 N–H and O–H groups in total. The van der Waals surface area contributed by atoms with E-state index in [1.54, 1.807) is 6.07 Å². The molecular formula is C18H20FNO2. The zero-order chi connectivity index (χ0) is 16.0. The summed E-state index contributed by atoms with van der Waals surface area (Å²) in [5.41, 5.74) is 0.837. The van der Waals surface area contributed by atoms with Crippen molar-refractivity contribution in [2.75, 3.05) is 6.61 Å². The highest BCUT2D eigenvalue weighted by Gasteiger charge is 2.21. The van der Waals surface area contributed by atoms with Crippen molar-refractivity contribution in [1.82, 2.24) is 5.32 Å². The van der Waals surface area contributed by atoms with Crippen LogP contribution in [0.1, 0.15) is 29.8 Å². The van der Waals surface area contributed by atoms with Crippen LogP contribution < -0.4 is 5.32 Å². The maximum absolute atomic E-state index is 13.1. The fraction of sp³-hybridized carbons (Fsp3) is 0.278. The summed E-state index contributed by atoms with van der Waals surface area (Å²) >= 11 is 0. The van der Waals surface area contributed by atoms with Crippen molar-refractivity contribution in [3.05, 3.63) is 71.5 Å². The van der Waals surface area contributed by atoms with Crippen LogP contribution in [0.3, 0.4) is 0 Å². The lowest BCUT2D eigenvalue weighted by Gasteiger charge is -2.26. The van der Waals surface area contributed by atoms with E-state index in [1.807, 2.05) is 44.2 Å². The second kappa shape index (κ2) is 7.18. The van der Waals surface area contributed by atoms with Crippen LogP contribution in [0.2, 0.25) is 0 Å². The van der Waals surface area contributed by atoms with E-state index in [0.717, 1.165) is 5.56 Å². The van der Waals surface area contributed by atoms with Crippen LogP contribution in [0.25, 0.3) is 0 Å². The Morgan fingerprint density at radius 2 is 1.86 bits per heavy atom. The highest BCUT2D eigenvalue weighted by atomic mass is 19.1. The van der Waals surface area contributed by atoms with Crippen molar-refractivity contribution < 1.29 is 13.9 Å². The Morgan fingerprint density at radius 3 is 2.55 bits per heavy atom. The zero-order valence-electron chi connectivity index (χ0n) is 12.8. The minimum atomic E-state index is -0.543. The van der Waals surface area contributed by atoms with Gasteiger partial charge in [-0.05, 0) is 37.6 Å². The first-order valence-corrected chi connectivity index (χ1v) is 7.16. The third kappa shape index (κ3) is 4.97. The van der Waals surface area contributed by atoms with Crippen molar-refractivity contribution in [3.63, 3.8) is 0 Å². The van der Waals surface area contributed by atoms with Gasteiger partial charge in [0, 0.05) is 5.56 Å². The maximum Gasteiger partial charge on any atom is 0.251 e. The van der Waals surface area contributed by atoms with Crippen molar-refractivity contribution in [2.24, 2.45) is 0 Å². The molecule has 0 atom stereocenters. The first-order chi connectivity index (χ1) is 10.5. The second-order valence-corrected chi connectivity index (χ2v) is 5.83. The van der Waals surface area contributed by atoms with Gasteiger partial charge in [-0.25, -0.2) is 4.39 Å². The zero-order valence-corrected chi connectivity index (χ0v) is 12.8. The van der Waals surface area contributed by atoms with E-state index >= 15 is 0 Å². The summed E-state index contributed by atoms with van der Waals surface area (Å²) in [4.78, 5) is 12.1. The molecule has 1 amide bonds. The summed E-state index contributed by atoms with van der Waals surface area (Å²) in [7, 11) is 0. The van der Waals surface area contributed by atoms with Crippen molar-refractivity contribution in [1.29, 1.82) is 0 Å². The van der Waals surface area contributed by atoms with Gasteiger partial charge in [-0.1, -0.05) is 36.4 Å². The number of amides is 1. The second-order valence-electron chi connectivity index (χ2n) is 5.83. The third-order valence-corrected chi connectivity index (χ3v) is 3.11. The average molecular weight is 301 g/mol. The van der Waals surface area contributed by atoms with E-state index < -0.39 is 11.4 Å². The topological polar surface area (TPSA) is 38.3 Å². The van der Waals surface area contributed by atoms with Gasteiger partial charge in [0.2, 0.25) is 0 Å². The molecule has 0 heterocycles. The predicted octanol–water partition coefficient (Wildman–Crippen LogP) is 3.55. The smallest absolute Gasteiger partial charge is 0.251 e. The molecule has 0 aromatic heterocycles. The Balaban J connectivity index is 1.86. The Hall–Kier alpha value is -2.20. The molecule has 3 nitrogen and oxygen atoms in total. The fourth-order valence-corrected chi connectivity index (χ4v) is 2.04. The molecule has 0 spiro atoms. The minimum absolute atomic E-state index is 0.302. The average Bonchev–Trinajstić information content (AvgIpc) is 2.47. The maximum atomic E-state index is 13.1. The molecule has 0 bridgehead atoms. The Kier molecular flexibility index (Phi) is 5.28. The summed E-state index contributed by atoms with van der Waals surface area (Å²) in [5, 5.41) is 2.86. The van der Waals surface area contributed by atoms with Gasteiger partial charge < -0.3 is 10.1 Å². The highest BCUT2D eigenvalue weighted by Crippen LogP contribution is 2.10. The number of rotatable bonds is 6. The first kappa shape index (κ1) is 16.2. The lowest BCUT2D eigenvalue weighted by molar-refractivity contribution is 0.0616. The summed E-state index contributed by atoms with van der Waals surface area (Å²) in [6.45, 7) is 4.59. The van der Waals surface area contributed by atoms with Gasteiger partial charge in [0.15, 0.2) is 0 Å². The molecule has 4 heteroatoms. The molecule has 22 heavy (non-hydrogen) atoms. The molecule has 0 aliphatic carbocycles. The molecule has 2 rings (SSSR count). The summed E-state index contributed by atoms with van der Waals surface area (Å²) in [5.74, 6) is -0.737. The minimum Gasteiger partial charge on any atom is -0.374 e. The third-order valence-electron chi connectivity index (χ3n) is 3.11. The van der Waals surface area contributed by atoms with Gasteiger partial charge >= 0.3 is 0 Å². The Morgan fingerprint density at radius 1 is 1.14 bits per heavy atom. The lowest BCUT2D eigenvalue weighted by atomic mass is 10.1. The van der Waals surface area contributed by atoms with Crippen LogP contribution in [0, 0.1) is 5.82 Å². The number of halogens is 1. The highest BCUT2D eigenvalue weighted by molar-refractivity contribution is 5.94. The van der Waals surface area contributed by atoms with E-state index in [2.05, 4.69) is 5.32 Å². The van der Waals surface area contributed by atoms with Gasteiger partial charge in [-0.2, -0.15) is 0 Å². The van der Waals surface area contributed by atoms with Gasteiger partial charge in [0.05, 0.1) is 18.8 Å². The van der Waals surface area contributed by atoms with Crippen LogP contribution in [0.4, 0.5) is 4.39 Å². The van der Waals surface area contributed by atoms with Gasteiger partial charge in [0.1, 0.15) is 5.82 Å². The standard InChI is InChI=1S/C18H20FNO2/c1-18(2,13-22-12-14-7-4-3-5-8-14)20-17(21)15-9-6-10-16(19)11-15/h3-11H,12-13H2,1-2H3,(H,20,21). The number of benzene rings is 2. The lowest BCUT2D eigenvalue weighted by Crippen LogP contribution is -2.47. The van der Waals surface area contributed by atoms with Crippen molar-refractivity contribution >= 4 is 5.91 Å². The largest absolute Gasteiger partial charge is 0.374 e. The normalized spacial score (nSPS) is 11.2. The molecule has 0 saturated heterocycles. The molecule has 2 aromatic carbocycles. The summed E-state index contributed by atoms with van der Waals surface area (Å²) in [6, 6.07) is 15.5. The number of hydrogen-bond acceptors (Lipinski definition) is 2. The molecule has 0 radical (unpaired) electrons. The Bertz CT molecular complexity index is 626. The number of carbonyl (C=O) groups is 1. The van der Waals surface area contributed by atoms with Crippen LogP contribution >= 0.6 is 0 Å². The van der Waals surface area contributed by atoms with E-state index in [1.165, 1.54) is 18.2 Å². The van der Waals surface area contributed by atoms with E-state index in [9.17, 15) is 9.18 Å². The van der Waals surface area contributed by atoms with Crippen LogP contribution in [-0.4, -0.2) is 18.1 Å². The number of nitrogens with one attached hydrogen (secondary N) is 1. The van der Waals surface area contributed by atoms with Crippen LogP contribution in [-0.2, 0) is 11.3 Å². The van der Waals surface area contributed by atoms with E-state index in [4.69, 9.17) is 4.74 Å². The van der Waals surface area contributed by atoms with Gasteiger partial charge in [-0.15, -0.1) is 0 Å². The molecule has 0 aliphatic heterocycles. The van der Waals surface area contributed by atoms with Gasteiger partial charge in [-0.3, -0.25) is 4.79 Å². The monoisotopic (exact) mass is 301 g/mol. The van der Waals surface area contributed by atoms with Crippen LogP contribution in [0.15, 0.2) is 54.6 Å². The van der Waals surface area contributed by atoms with E-state index in [-0.39, 0.29) is 5.91 Å². The number of ether oxygens (including phenoxy) is 1. The van der Waals surface area contributed by atoms with E-state index in [0.29, 0.717) is 18.8 Å². The molecule has 116 valence electrons. The number of hydrogen-bond donors (Lipinski definition) is 1. The fourth-order valence-electron chi connectivity index (χ4n) is 2.04.